The van der Waals surface area contributed by atoms with Crippen molar-refractivity contribution in [3.63, 3.8) is 0 Å². The van der Waals surface area contributed by atoms with E-state index in [-0.39, 0.29) is 11.5 Å². The van der Waals surface area contributed by atoms with Gasteiger partial charge in [-0.2, -0.15) is 5.26 Å². The molecule has 0 spiro atoms. The first-order valence-corrected chi connectivity index (χ1v) is 9.29. The highest BCUT2D eigenvalue weighted by Crippen LogP contribution is 2.12. The lowest BCUT2D eigenvalue weighted by molar-refractivity contribution is -0.156. The van der Waals surface area contributed by atoms with Crippen LogP contribution >= 0.6 is 0 Å². The quantitative estimate of drug-likeness (QED) is 0.681. The van der Waals surface area contributed by atoms with Crippen molar-refractivity contribution in [2.45, 2.75) is 32.9 Å². The van der Waals surface area contributed by atoms with E-state index < -0.39 is 35.7 Å². The molecule has 0 saturated carbocycles. The molecule has 0 fully saturated rings. The Labute approximate surface area is 173 Å². The van der Waals surface area contributed by atoms with Crippen LogP contribution in [0.4, 0.5) is 10.1 Å². The molecule has 7 nitrogen and oxygen atoms in total. The van der Waals surface area contributed by atoms with Crippen molar-refractivity contribution in [2.24, 2.45) is 5.92 Å². The van der Waals surface area contributed by atoms with Gasteiger partial charge in [-0.25, -0.2) is 9.18 Å². The average Bonchev–Trinajstić information content (AvgIpc) is 2.72. The van der Waals surface area contributed by atoms with Crippen LogP contribution in [0.3, 0.4) is 0 Å². The van der Waals surface area contributed by atoms with Gasteiger partial charge in [0.05, 0.1) is 11.6 Å². The van der Waals surface area contributed by atoms with Crippen LogP contribution in [-0.4, -0.2) is 29.9 Å². The van der Waals surface area contributed by atoms with Crippen LogP contribution in [0.2, 0.25) is 0 Å². The van der Waals surface area contributed by atoms with Gasteiger partial charge in [-0.3, -0.25) is 9.59 Å². The minimum Gasteiger partial charge on any atom is -0.451 e. The maximum atomic E-state index is 13.0. The van der Waals surface area contributed by atoms with Crippen LogP contribution in [0.1, 0.15) is 36.7 Å². The van der Waals surface area contributed by atoms with Crippen LogP contribution in [0.5, 0.6) is 0 Å². The molecular weight excluding hydrogens is 389 g/mol. The van der Waals surface area contributed by atoms with Gasteiger partial charge in [0.15, 0.2) is 6.10 Å². The molecule has 30 heavy (non-hydrogen) atoms. The molecule has 0 aliphatic carbocycles. The number of carbonyl (C=O) groups excluding carboxylic acids is 3. The number of carbonyl (C=O) groups is 3. The number of nitriles is 1. The summed E-state index contributed by atoms with van der Waals surface area (Å²) < 4.78 is 18.3. The first kappa shape index (κ1) is 22.6. The molecule has 0 aromatic heterocycles. The maximum absolute atomic E-state index is 13.0. The fourth-order valence-corrected chi connectivity index (χ4v) is 2.50. The molecule has 2 N–H and O–H groups in total. The van der Waals surface area contributed by atoms with Crippen LogP contribution in [0.15, 0.2) is 48.5 Å². The normalized spacial score (nSPS) is 12.4. The lowest BCUT2D eigenvalue weighted by atomic mass is 10.0. The third-order valence-corrected chi connectivity index (χ3v) is 4.26. The van der Waals surface area contributed by atoms with Crippen molar-refractivity contribution in [1.82, 2.24) is 5.32 Å². The molecule has 0 unspecified atom stereocenters. The Hall–Kier alpha value is -3.73. The number of rotatable bonds is 7. The highest BCUT2D eigenvalue weighted by molar-refractivity contribution is 5.98. The predicted octanol–water partition coefficient (Wildman–Crippen LogP) is 3.02. The lowest BCUT2D eigenvalue weighted by Crippen LogP contribution is -2.47. The van der Waals surface area contributed by atoms with E-state index in [1.807, 2.05) is 6.07 Å². The number of benzene rings is 2. The monoisotopic (exact) mass is 411 g/mol. The van der Waals surface area contributed by atoms with Crippen molar-refractivity contribution in [1.29, 1.82) is 5.26 Å². The standard InChI is InChI=1S/C22H22FN3O4/c1-13(2)19(26-21(28)16-6-8-17(23)9-7-16)22(29)30-14(3)20(27)25-18-10-4-15(12-24)5-11-18/h4-11,13-14,19H,1-3H3,(H,25,27)(H,26,28)/t14-,19+/m1/s1. The molecule has 0 bridgehead atoms. The number of hydrogen-bond acceptors (Lipinski definition) is 5. The van der Waals surface area contributed by atoms with Crippen LogP contribution in [-0.2, 0) is 14.3 Å². The topological polar surface area (TPSA) is 108 Å². The minimum absolute atomic E-state index is 0.196. The molecule has 0 saturated heterocycles. The van der Waals surface area contributed by atoms with Gasteiger partial charge in [0.25, 0.3) is 11.8 Å². The molecular formula is C22H22FN3O4. The van der Waals surface area contributed by atoms with Gasteiger partial charge in [0.1, 0.15) is 11.9 Å². The molecule has 0 aliphatic rings. The zero-order valence-electron chi connectivity index (χ0n) is 16.8. The lowest BCUT2D eigenvalue weighted by Gasteiger charge is -2.23. The van der Waals surface area contributed by atoms with Crippen molar-refractivity contribution in [3.8, 4) is 6.07 Å². The van der Waals surface area contributed by atoms with E-state index in [0.29, 0.717) is 11.3 Å². The van der Waals surface area contributed by atoms with E-state index in [1.54, 1.807) is 38.1 Å². The Morgan fingerprint density at radius 3 is 2.13 bits per heavy atom. The highest BCUT2D eigenvalue weighted by atomic mass is 19.1. The van der Waals surface area contributed by atoms with Crippen LogP contribution < -0.4 is 10.6 Å². The summed E-state index contributed by atoms with van der Waals surface area (Å²) in [4.78, 5) is 37.2. The van der Waals surface area contributed by atoms with E-state index in [4.69, 9.17) is 10.00 Å². The Kier molecular flexibility index (Phi) is 7.64. The second-order valence-corrected chi connectivity index (χ2v) is 6.96. The molecule has 8 heteroatoms. The Morgan fingerprint density at radius 2 is 1.60 bits per heavy atom. The largest absolute Gasteiger partial charge is 0.451 e. The number of halogens is 1. The fourth-order valence-electron chi connectivity index (χ4n) is 2.50. The average molecular weight is 411 g/mol. The van der Waals surface area contributed by atoms with Crippen molar-refractivity contribution in [2.75, 3.05) is 5.32 Å². The van der Waals surface area contributed by atoms with Crippen molar-refractivity contribution < 1.29 is 23.5 Å². The molecule has 0 aliphatic heterocycles. The molecule has 156 valence electrons. The summed E-state index contributed by atoms with van der Waals surface area (Å²) >= 11 is 0. The van der Waals surface area contributed by atoms with Crippen LogP contribution in [0, 0.1) is 23.1 Å². The molecule has 2 rings (SSSR count). The van der Waals surface area contributed by atoms with E-state index in [1.165, 1.54) is 19.1 Å². The van der Waals surface area contributed by atoms with Gasteiger partial charge in [-0.1, -0.05) is 13.8 Å². The Bertz CT molecular complexity index is 950. The first-order valence-electron chi connectivity index (χ1n) is 9.29. The second-order valence-electron chi connectivity index (χ2n) is 6.96. The van der Waals surface area contributed by atoms with E-state index in [9.17, 15) is 18.8 Å². The molecule has 2 atom stereocenters. The number of nitrogens with zero attached hydrogens (tertiary/aromatic N) is 1. The van der Waals surface area contributed by atoms with Gasteiger partial charge in [-0.15, -0.1) is 0 Å². The van der Waals surface area contributed by atoms with Crippen molar-refractivity contribution >= 4 is 23.5 Å². The Morgan fingerprint density at radius 1 is 1.00 bits per heavy atom. The first-order chi connectivity index (χ1) is 14.2. The molecule has 0 heterocycles. The summed E-state index contributed by atoms with van der Waals surface area (Å²) in [5.74, 6) is -2.66. The SMILES string of the molecule is CC(C)[C@H](NC(=O)c1ccc(F)cc1)C(=O)O[C@H](C)C(=O)Nc1ccc(C#N)cc1. The number of esters is 1. The smallest absolute Gasteiger partial charge is 0.329 e. The third kappa shape index (κ3) is 6.14. The minimum atomic E-state index is -1.11. The van der Waals surface area contributed by atoms with E-state index >= 15 is 0 Å². The number of nitrogens with one attached hydrogen (secondary N) is 2. The summed E-state index contributed by atoms with van der Waals surface area (Å²) in [5.41, 5.74) is 1.09. The summed E-state index contributed by atoms with van der Waals surface area (Å²) in [5, 5.41) is 14.0. The predicted molar refractivity (Wildman–Crippen MR) is 108 cm³/mol. The van der Waals surface area contributed by atoms with Gasteiger partial charge in [0.2, 0.25) is 0 Å². The summed E-state index contributed by atoms with van der Waals surface area (Å²) in [7, 11) is 0. The number of hydrogen-bond donors (Lipinski definition) is 2. The van der Waals surface area contributed by atoms with Gasteiger partial charge < -0.3 is 15.4 Å². The fraction of sp³-hybridized carbons (Fsp3) is 0.273. The molecule has 2 aromatic rings. The molecule has 2 aromatic carbocycles. The van der Waals surface area contributed by atoms with Crippen molar-refractivity contribution in [3.05, 3.63) is 65.5 Å². The third-order valence-electron chi connectivity index (χ3n) is 4.26. The van der Waals surface area contributed by atoms with Gasteiger partial charge in [0, 0.05) is 11.3 Å². The maximum Gasteiger partial charge on any atom is 0.329 e. The zero-order chi connectivity index (χ0) is 22.3. The summed E-state index contributed by atoms with van der Waals surface area (Å²) in [6, 6.07) is 12.1. The molecule has 2 amide bonds. The van der Waals surface area contributed by atoms with Crippen LogP contribution in [0.25, 0.3) is 0 Å². The summed E-state index contributed by atoms with van der Waals surface area (Å²) in [6.07, 6.45) is -1.11. The van der Waals surface area contributed by atoms with E-state index in [2.05, 4.69) is 10.6 Å². The molecule has 0 radical (unpaired) electrons. The summed E-state index contributed by atoms with van der Waals surface area (Å²) in [6.45, 7) is 4.85. The number of anilines is 1. The zero-order valence-corrected chi connectivity index (χ0v) is 16.8. The Balaban J connectivity index is 1.98. The van der Waals surface area contributed by atoms with Gasteiger partial charge >= 0.3 is 5.97 Å². The second kappa shape index (κ2) is 10.2. The highest BCUT2D eigenvalue weighted by Gasteiger charge is 2.29. The van der Waals surface area contributed by atoms with Gasteiger partial charge in [-0.05, 0) is 61.4 Å². The van der Waals surface area contributed by atoms with E-state index in [0.717, 1.165) is 12.1 Å². The number of amides is 2. The number of ether oxygens (including phenoxy) is 1.